The Balaban J connectivity index is 2.36. The van der Waals surface area contributed by atoms with E-state index in [1.165, 1.54) is 19.2 Å². The zero-order valence-electron chi connectivity index (χ0n) is 15.1. The molecule has 0 radical (unpaired) electrons. The average molecular weight is 415 g/mol. The first kappa shape index (κ1) is 21.0. The molecule has 1 atom stereocenters. The number of rotatable bonds is 7. The molecule has 0 aromatic heterocycles. The third-order valence-electron chi connectivity index (χ3n) is 3.84. The molecule has 0 fully saturated rings. The van der Waals surface area contributed by atoms with Crippen LogP contribution in [0.2, 0.25) is 5.02 Å². The van der Waals surface area contributed by atoms with Crippen molar-refractivity contribution < 1.29 is 22.3 Å². The topological polar surface area (TPSA) is 75.7 Å². The SMILES string of the molecule is CC[C@@H](C(=O)Nc1ccc(OC)cc1)N(c1ccc(F)c(Cl)c1)S(C)(=O)=O. The molecule has 9 heteroatoms. The summed E-state index contributed by atoms with van der Waals surface area (Å²) in [6.07, 6.45) is 1.18. The molecule has 0 unspecified atom stereocenters. The Labute approximate surface area is 162 Å². The highest BCUT2D eigenvalue weighted by atomic mass is 35.5. The standard InChI is InChI=1S/C18H20ClFN2O4S/c1-4-17(18(23)21-12-5-8-14(26-2)9-6-12)22(27(3,24)25)13-7-10-16(20)15(19)11-13/h5-11,17H,4H2,1-3H3,(H,21,23)/t17-/m0/s1. The van der Waals surface area contributed by atoms with Crippen molar-refractivity contribution in [3.63, 3.8) is 0 Å². The molecular weight excluding hydrogens is 395 g/mol. The van der Waals surface area contributed by atoms with Gasteiger partial charge >= 0.3 is 0 Å². The Morgan fingerprint density at radius 2 is 1.89 bits per heavy atom. The molecule has 2 aromatic carbocycles. The van der Waals surface area contributed by atoms with E-state index in [2.05, 4.69) is 5.32 Å². The summed E-state index contributed by atoms with van der Waals surface area (Å²) < 4.78 is 44.2. The molecule has 0 saturated carbocycles. The zero-order chi connectivity index (χ0) is 20.2. The fourth-order valence-corrected chi connectivity index (χ4v) is 3.96. The number of nitrogens with one attached hydrogen (secondary N) is 1. The summed E-state index contributed by atoms with van der Waals surface area (Å²) in [7, 11) is -2.31. The third kappa shape index (κ3) is 5.11. The van der Waals surface area contributed by atoms with Gasteiger partial charge in [0, 0.05) is 5.69 Å². The number of hydrogen-bond acceptors (Lipinski definition) is 4. The first-order chi connectivity index (χ1) is 12.7. The second-order valence-electron chi connectivity index (χ2n) is 5.80. The Bertz CT molecular complexity index is 919. The molecule has 0 bridgehead atoms. The Kier molecular flexibility index (Phi) is 6.67. The van der Waals surface area contributed by atoms with Gasteiger partial charge in [-0.3, -0.25) is 9.10 Å². The van der Waals surface area contributed by atoms with Crippen LogP contribution in [0.3, 0.4) is 0 Å². The number of benzene rings is 2. The first-order valence-corrected chi connectivity index (χ1v) is 10.3. The van der Waals surface area contributed by atoms with Crippen LogP contribution in [-0.4, -0.2) is 33.7 Å². The van der Waals surface area contributed by atoms with E-state index in [1.54, 1.807) is 31.2 Å². The van der Waals surface area contributed by atoms with E-state index >= 15 is 0 Å². The molecule has 0 aliphatic heterocycles. The summed E-state index contributed by atoms with van der Waals surface area (Å²) in [4.78, 5) is 12.8. The summed E-state index contributed by atoms with van der Waals surface area (Å²) >= 11 is 5.78. The minimum Gasteiger partial charge on any atom is -0.497 e. The molecule has 0 spiro atoms. The largest absolute Gasteiger partial charge is 0.497 e. The Hall–Kier alpha value is -2.32. The molecule has 2 rings (SSSR count). The summed E-state index contributed by atoms with van der Waals surface area (Å²) in [5.74, 6) is -0.572. The predicted molar refractivity (Wildman–Crippen MR) is 104 cm³/mol. The van der Waals surface area contributed by atoms with Crippen molar-refractivity contribution in [1.82, 2.24) is 0 Å². The maximum Gasteiger partial charge on any atom is 0.248 e. The number of ether oxygens (including phenoxy) is 1. The van der Waals surface area contributed by atoms with Crippen LogP contribution < -0.4 is 14.4 Å². The van der Waals surface area contributed by atoms with Gasteiger partial charge in [-0.25, -0.2) is 12.8 Å². The van der Waals surface area contributed by atoms with E-state index in [4.69, 9.17) is 16.3 Å². The molecule has 2 aromatic rings. The molecule has 0 aliphatic carbocycles. The second-order valence-corrected chi connectivity index (χ2v) is 8.07. The number of nitrogens with zero attached hydrogens (tertiary/aromatic N) is 1. The van der Waals surface area contributed by atoms with Gasteiger partial charge < -0.3 is 10.1 Å². The molecule has 0 heterocycles. The van der Waals surface area contributed by atoms with Gasteiger partial charge in [0.15, 0.2) is 0 Å². The van der Waals surface area contributed by atoms with Gasteiger partial charge in [0.2, 0.25) is 15.9 Å². The van der Waals surface area contributed by atoms with Crippen molar-refractivity contribution in [1.29, 1.82) is 0 Å². The summed E-state index contributed by atoms with van der Waals surface area (Å²) in [5, 5.41) is 2.45. The fraction of sp³-hybridized carbons (Fsp3) is 0.278. The second kappa shape index (κ2) is 8.58. The van der Waals surface area contributed by atoms with Gasteiger partial charge in [0.05, 0.1) is 24.1 Å². The van der Waals surface area contributed by atoms with E-state index in [1.807, 2.05) is 0 Å². The van der Waals surface area contributed by atoms with Crippen molar-refractivity contribution in [2.75, 3.05) is 23.0 Å². The van der Waals surface area contributed by atoms with Gasteiger partial charge in [-0.1, -0.05) is 18.5 Å². The summed E-state index contributed by atoms with van der Waals surface area (Å²) in [5.41, 5.74) is 0.602. The fourth-order valence-electron chi connectivity index (χ4n) is 2.58. The van der Waals surface area contributed by atoms with Crippen molar-refractivity contribution in [2.24, 2.45) is 0 Å². The smallest absolute Gasteiger partial charge is 0.248 e. The van der Waals surface area contributed by atoms with E-state index in [0.717, 1.165) is 16.6 Å². The van der Waals surface area contributed by atoms with Gasteiger partial charge in [0.1, 0.15) is 17.6 Å². The molecule has 1 N–H and O–H groups in total. The molecule has 6 nitrogen and oxygen atoms in total. The third-order valence-corrected chi connectivity index (χ3v) is 5.31. The van der Waals surface area contributed by atoms with Crippen LogP contribution in [0.1, 0.15) is 13.3 Å². The van der Waals surface area contributed by atoms with Crippen molar-refractivity contribution in [3.05, 3.63) is 53.3 Å². The number of anilines is 2. The maximum atomic E-state index is 13.5. The monoisotopic (exact) mass is 414 g/mol. The maximum absolute atomic E-state index is 13.5. The zero-order valence-corrected chi connectivity index (χ0v) is 16.6. The average Bonchev–Trinajstić information content (AvgIpc) is 2.61. The van der Waals surface area contributed by atoms with Crippen molar-refractivity contribution in [3.8, 4) is 5.75 Å². The lowest BCUT2D eigenvalue weighted by molar-refractivity contribution is -0.117. The molecule has 1 amide bonds. The van der Waals surface area contributed by atoms with Crippen molar-refractivity contribution >= 4 is 38.9 Å². The minimum atomic E-state index is -3.84. The first-order valence-electron chi connectivity index (χ1n) is 8.06. The Morgan fingerprint density at radius 1 is 1.26 bits per heavy atom. The minimum absolute atomic E-state index is 0.112. The highest BCUT2D eigenvalue weighted by Gasteiger charge is 2.32. The lowest BCUT2D eigenvalue weighted by Crippen LogP contribution is -2.47. The lowest BCUT2D eigenvalue weighted by atomic mass is 10.1. The van der Waals surface area contributed by atoms with E-state index < -0.39 is 27.8 Å². The van der Waals surface area contributed by atoms with E-state index in [0.29, 0.717) is 11.4 Å². The number of carbonyl (C=O) groups is 1. The van der Waals surface area contributed by atoms with Gasteiger partial charge in [0.25, 0.3) is 0 Å². The van der Waals surface area contributed by atoms with Crippen LogP contribution in [-0.2, 0) is 14.8 Å². The quantitative estimate of drug-likeness (QED) is 0.750. The number of amides is 1. The molecular formula is C18H20ClFN2O4S. The highest BCUT2D eigenvalue weighted by molar-refractivity contribution is 7.92. The normalized spacial score (nSPS) is 12.3. The summed E-state index contributed by atoms with van der Waals surface area (Å²) in [6.45, 7) is 1.68. The van der Waals surface area contributed by atoms with Crippen LogP contribution in [0, 0.1) is 5.82 Å². The van der Waals surface area contributed by atoms with Crippen LogP contribution >= 0.6 is 11.6 Å². The van der Waals surface area contributed by atoms with Crippen LogP contribution in [0.5, 0.6) is 5.75 Å². The predicted octanol–water partition coefficient (Wildman–Crippen LogP) is 3.67. The van der Waals surface area contributed by atoms with Crippen LogP contribution in [0.25, 0.3) is 0 Å². The number of methoxy groups -OCH3 is 1. The van der Waals surface area contributed by atoms with Crippen molar-refractivity contribution in [2.45, 2.75) is 19.4 Å². The van der Waals surface area contributed by atoms with Gasteiger partial charge in [-0.05, 0) is 48.9 Å². The number of carbonyl (C=O) groups excluding carboxylic acids is 1. The number of halogens is 2. The number of hydrogen-bond donors (Lipinski definition) is 1. The number of sulfonamides is 1. The van der Waals surface area contributed by atoms with Gasteiger partial charge in [-0.15, -0.1) is 0 Å². The van der Waals surface area contributed by atoms with E-state index in [-0.39, 0.29) is 17.1 Å². The molecule has 0 saturated heterocycles. The highest BCUT2D eigenvalue weighted by Crippen LogP contribution is 2.28. The molecule has 0 aliphatic rings. The Morgan fingerprint density at radius 3 is 2.37 bits per heavy atom. The van der Waals surface area contributed by atoms with E-state index in [9.17, 15) is 17.6 Å². The lowest BCUT2D eigenvalue weighted by Gasteiger charge is -2.30. The molecule has 146 valence electrons. The van der Waals surface area contributed by atoms with Crippen LogP contribution in [0.4, 0.5) is 15.8 Å². The molecule has 27 heavy (non-hydrogen) atoms. The van der Waals surface area contributed by atoms with Crippen LogP contribution in [0.15, 0.2) is 42.5 Å². The van der Waals surface area contributed by atoms with Gasteiger partial charge in [-0.2, -0.15) is 0 Å². The summed E-state index contributed by atoms with van der Waals surface area (Å²) in [6, 6.07) is 9.10.